The van der Waals surface area contributed by atoms with E-state index in [1.54, 1.807) is 12.1 Å². The standard InChI is InChI=1S/C16H18BrNO2S/c1-11-15(17)5-4-6-16(11)18-12(2)13-7-9-14(10-8-13)21(3,19)20/h4-10,12,18H,1-3H3. The van der Waals surface area contributed by atoms with E-state index in [0.29, 0.717) is 4.90 Å². The zero-order chi connectivity index (χ0) is 15.6. The fourth-order valence-corrected chi connectivity index (χ4v) is 3.08. The van der Waals surface area contributed by atoms with E-state index in [0.717, 1.165) is 21.3 Å². The summed E-state index contributed by atoms with van der Waals surface area (Å²) in [5.74, 6) is 0. The second-order valence-electron chi connectivity index (χ2n) is 5.12. The molecule has 1 unspecified atom stereocenters. The monoisotopic (exact) mass is 367 g/mol. The van der Waals surface area contributed by atoms with E-state index in [4.69, 9.17) is 0 Å². The SMILES string of the molecule is Cc1c(Br)cccc1NC(C)c1ccc(S(C)(=O)=O)cc1. The van der Waals surface area contributed by atoms with Gasteiger partial charge in [-0.2, -0.15) is 0 Å². The maximum atomic E-state index is 11.5. The highest BCUT2D eigenvalue weighted by molar-refractivity contribution is 9.10. The van der Waals surface area contributed by atoms with Crippen LogP contribution in [0, 0.1) is 6.92 Å². The van der Waals surface area contributed by atoms with Crippen molar-refractivity contribution in [2.75, 3.05) is 11.6 Å². The van der Waals surface area contributed by atoms with E-state index in [9.17, 15) is 8.42 Å². The van der Waals surface area contributed by atoms with Gasteiger partial charge in [-0.3, -0.25) is 0 Å². The highest BCUT2D eigenvalue weighted by Gasteiger charge is 2.11. The number of sulfone groups is 1. The first-order chi connectivity index (χ1) is 9.79. The topological polar surface area (TPSA) is 46.2 Å². The van der Waals surface area contributed by atoms with Crippen LogP contribution < -0.4 is 5.32 Å². The third-order valence-electron chi connectivity index (χ3n) is 3.45. The van der Waals surface area contributed by atoms with Crippen molar-refractivity contribution in [3.63, 3.8) is 0 Å². The van der Waals surface area contributed by atoms with Crippen LogP contribution in [0.15, 0.2) is 51.8 Å². The first kappa shape index (κ1) is 16.0. The normalized spacial score (nSPS) is 13.0. The van der Waals surface area contributed by atoms with Gasteiger partial charge in [-0.05, 0) is 49.2 Å². The number of hydrogen-bond acceptors (Lipinski definition) is 3. The highest BCUT2D eigenvalue weighted by Crippen LogP contribution is 2.27. The lowest BCUT2D eigenvalue weighted by molar-refractivity contribution is 0.602. The molecule has 0 saturated carbocycles. The second kappa shape index (κ2) is 6.20. The van der Waals surface area contributed by atoms with Gasteiger partial charge >= 0.3 is 0 Å². The fourth-order valence-electron chi connectivity index (χ4n) is 2.08. The molecule has 0 aliphatic rings. The summed E-state index contributed by atoms with van der Waals surface area (Å²) < 4.78 is 24.0. The van der Waals surface area contributed by atoms with E-state index in [1.807, 2.05) is 37.3 Å². The van der Waals surface area contributed by atoms with E-state index >= 15 is 0 Å². The zero-order valence-electron chi connectivity index (χ0n) is 12.2. The summed E-state index contributed by atoms with van der Waals surface area (Å²) in [4.78, 5) is 0.345. The van der Waals surface area contributed by atoms with Crippen LogP contribution in [0.1, 0.15) is 24.1 Å². The average Bonchev–Trinajstić information content (AvgIpc) is 2.43. The molecule has 0 spiro atoms. The van der Waals surface area contributed by atoms with Crippen molar-refractivity contribution < 1.29 is 8.42 Å². The summed E-state index contributed by atoms with van der Waals surface area (Å²) in [7, 11) is -3.14. The van der Waals surface area contributed by atoms with Crippen LogP contribution in [0.5, 0.6) is 0 Å². The minimum absolute atomic E-state index is 0.0895. The first-order valence-electron chi connectivity index (χ1n) is 6.60. The molecule has 1 N–H and O–H groups in total. The smallest absolute Gasteiger partial charge is 0.175 e. The maximum absolute atomic E-state index is 11.5. The van der Waals surface area contributed by atoms with Gasteiger partial charge in [0.15, 0.2) is 9.84 Å². The Hall–Kier alpha value is -1.33. The van der Waals surface area contributed by atoms with Gasteiger partial charge in [-0.1, -0.05) is 34.1 Å². The maximum Gasteiger partial charge on any atom is 0.175 e. The predicted octanol–water partition coefficient (Wildman–Crippen LogP) is 4.33. The first-order valence-corrected chi connectivity index (χ1v) is 9.29. The minimum Gasteiger partial charge on any atom is -0.378 e. The molecule has 1 atom stereocenters. The summed E-state index contributed by atoms with van der Waals surface area (Å²) in [6.07, 6.45) is 1.22. The van der Waals surface area contributed by atoms with Crippen LogP contribution in [0.25, 0.3) is 0 Å². The molecule has 2 aromatic carbocycles. The Morgan fingerprint density at radius 1 is 1.10 bits per heavy atom. The lowest BCUT2D eigenvalue weighted by Crippen LogP contribution is -2.08. The number of benzene rings is 2. The van der Waals surface area contributed by atoms with Gasteiger partial charge in [0, 0.05) is 22.5 Å². The van der Waals surface area contributed by atoms with Crippen LogP contribution in [0.4, 0.5) is 5.69 Å². The van der Waals surface area contributed by atoms with Crippen molar-refractivity contribution in [3.8, 4) is 0 Å². The van der Waals surface area contributed by atoms with Gasteiger partial charge in [0.05, 0.1) is 4.90 Å². The Balaban J connectivity index is 2.21. The number of nitrogens with one attached hydrogen (secondary N) is 1. The number of anilines is 1. The largest absolute Gasteiger partial charge is 0.378 e. The van der Waals surface area contributed by atoms with Gasteiger partial charge in [-0.15, -0.1) is 0 Å². The molecule has 0 saturated heterocycles. The van der Waals surface area contributed by atoms with Gasteiger partial charge < -0.3 is 5.32 Å². The van der Waals surface area contributed by atoms with Crippen molar-refractivity contribution in [1.82, 2.24) is 0 Å². The Kier molecular flexibility index (Phi) is 4.74. The number of halogens is 1. The Morgan fingerprint density at radius 2 is 1.71 bits per heavy atom. The van der Waals surface area contributed by atoms with Crippen molar-refractivity contribution >= 4 is 31.5 Å². The molecule has 0 aliphatic heterocycles. The Bertz CT molecular complexity index is 739. The number of rotatable bonds is 4. The molecule has 2 aromatic rings. The average molecular weight is 368 g/mol. The van der Waals surface area contributed by atoms with E-state index in [1.165, 1.54) is 6.26 Å². The molecule has 5 heteroatoms. The molecular formula is C16H18BrNO2S. The predicted molar refractivity (Wildman–Crippen MR) is 90.5 cm³/mol. The van der Waals surface area contributed by atoms with Crippen LogP contribution in [0.2, 0.25) is 0 Å². The summed E-state index contributed by atoms with van der Waals surface area (Å²) >= 11 is 3.52. The third-order valence-corrected chi connectivity index (χ3v) is 5.44. The summed E-state index contributed by atoms with van der Waals surface area (Å²) in [6.45, 7) is 4.10. The van der Waals surface area contributed by atoms with Gasteiger partial charge in [0.25, 0.3) is 0 Å². The van der Waals surface area contributed by atoms with E-state index in [-0.39, 0.29) is 6.04 Å². The van der Waals surface area contributed by atoms with Crippen molar-refractivity contribution in [2.45, 2.75) is 24.8 Å². The molecule has 0 aliphatic carbocycles. The van der Waals surface area contributed by atoms with Crippen LogP contribution in [-0.4, -0.2) is 14.7 Å². The van der Waals surface area contributed by atoms with Crippen molar-refractivity contribution in [2.24, 2.45) is 0 Å². The van der Waals surface area contributed by atoms with Crippen molar-refractivity contribution in [1.29, 1.82) is 0 Å². The molecule has 21 heavy (non-hydrogen) atoms. The van der Waals surface area contributed by atoms with Crippen LogP contribution >= 0.6 is 15.9 Å². The minimum atomic E-state index is -3.14. The molecule has 2 rings (SSSR count). The number of hydrogen-bond donors (Lipinski definition) is 1. The van der Waals surface area contributed by atoms with Crippen LogP contribution in [-0.2, 0) is 9.84 Å². The molecule has 0 bridgehead atoms. The molecule has 0 aromatic heterocycles. The van der Waals surface area contributed by atoms with E-state index < -0.39 is 9.84 Å². The van der Waals surface area contributed by atoms with E-state index in [2.05, 4.69) is 28.2 Å². The molecule has 3 nitrogen and oxygen atoms in total. The van der Waals surface area contributed by atoms with Crippen molar-refractivity contribution in [3.05, 3.63) is 58.1 Å². The summed E-state index contributed by atoms with van der Waals surface area (Å²) in [5.41, 5.74) is 3.25. The van der Waals surface area contributed by atoms with Crippen LogP contribution in [0.3, 0.4) is 0 Å². The zero-order valence-corrected chi connectivity index (χ0v) is 14.6. The molecule has 0 fully saturated rings. The summed E-state index contributed by atoms with van der Waals surface area (Å²) in [5, 5.41) is 3.45. The lowest BCUT2D eigenvalue weighted by atomic mass is 10.1. The molecule has 0 heterocycles. The van der Waals surface area contributed by atoms with Gasteiger partial charge in [-0.25, -0.2) is 8.42 Å². The highest BCUT2D eigenvalue weighted by atomic mass is 79.9. The van der Waals surface area contributed by atoms with Gasteiger partial charge in [0.1, 0.15) is 0 Å². The fraction of sp³-hybridized carbons (Fsp3) is 0.250. The Labute approximate surface area is 134 Å². The lowest BCUT2D eigenvalue weighted by Gasteiger charge is -2.18. The molecule has 112 valence electrons. The van der Waals surface area contributed by atoms with Gasteiger partial charge in [0.2, 0.25) is 0 Å². The molecule has 0 amide bonds. The molecule has 0 radical (unpaired) electrons. The molecular weight excluding hydrogens is 350 g/mol. The second-order valence-corrected chi connectivity index (χ2v) is 7.99. The quantitative estimate of drug-likeness (QED) is 0.874. The Morgan fingerprint density at radius 3 is 2.29 bits per heavy atom. The summed E-state index contributed by atoms with van der Waals surface area (Å²) in [6, 6.07) is 13.1. The third kappa shape index (κ3) is 3.86.